The number of carboxylic acids is 1. The molecular weight excluding hydrogens is 225 g/mol. The summed E-state index contributed by atoms with van der Waals surface area (Å²) in [6.45, 7) is 0.462. The van der Waals surface area contributed by atoms with Gasteiger partial charge in [-0.2, -0.15) is 13.2 Å². The van der Waals surface area contributed by atoms with Crippen LogP contribution in [-0.4, -0.2) is 29.5 Å². The van der Waals surface area contributed by atoms with E-state index < -0.39 is 24.4 Å². The standard InChI is InChI=1S/C10H15F3O3/c1-7-2-4-9(5-3-7,8(14)15)16-6-10(11,12)13/h7H,2-6H2,1H3,(H,14,15). The third-order valence-corrected chi connectivity index (χ3v) is 2.98. The van der Waals surface area contributed by atoms with Crippen molar-refractivity contribution in [3.05, 3.63) is 0 Å². The lowest BCUT2D eigenvalue weighted by Crippen LogP contribution is -2.46. The maximum atomic E-state index is 12.0. The molecule has 1 aliphatic rings. The van der Waals surface area contributed by atoms with Crippen LogP contribution in [0.2, 0.25) is 0 Å². The first-order valence-corrected chi connectivity index (χ1v) is 5.19. The van der Waals surface area contributed by atoms with Crippen LogP contribution in [0.1, 0.15) is 32.6 Å². The quantitative estimate of drug-likeness (QED) is 0.824. The minimum atomic E-state index is -4.48. The predicted octanol–water partition coefficient (Wildman–Crippen LogP) is 2.60. The maximum absolute atomic E-state index is 12.0. The molecule has 0 spiro atoms. The monoisotopic (exact) mass is 240 g/mol. The Morgan fingerprint density at radius 1 is 1.44 bits per heavy atom. The molecule has 6 heteroatoms. The fraction of sp³-hybridized carbons (Fsp3) is 0.900. The molecule has 0 atom stereocenters. The Balaban J connectivity index is 2.64. The van der Waals surface area contributed by atoms with Gasteiger partial charge in [0.25, 0.3) is 0 Å². The largest absolute Gasteiger partial charge is 0.479 e. The highest BCUT2D eigenvalue weighted by atomic mass is 19.4. The zero-order valence-electron chi connectivity index (χ0n) is 9.01. The van der Waals surface area contributed by atoms with Gasteiger partial charge in [0.2, 0.25) is 0 Å². The zero-order chi connectivity index (χ0) is 12.4. The average Bonchev–Trinajstić information content (AvgIpc) is 2.16. The SMILES string of the molecule is CC1CCC(OCC(F)(F)F)(C(=O)O)CC1. The molecule has 0 bridgehead atoms. The van der Waals surface area contributed by atoms with E-state index >= 15 is 0 Å². The predicted molar refractivity (Wildman–Crippen MR) is 50.0 cm³/mol. The molecule has 3 nitrogen and oxygen atoms in total. The van der Waals surface area contributed by atoms with E-state index in [1.165, 1.54) is 0 Å². The van der Waals surface area contributed by atoms with E-state index in [0.717, 1.165) is 0 Å². The molecule has 0 radical (unpaired) electrons. The smallest absolute Gasteiger partial charge is 0.411 e. The first-order valence-electron chi connectivity index (χ1n) is 5.19. The van der Waals surface area contributed by atoms with Crippen molar-refractivity contribution >= 4 is 5.97 Å². The Labute approximate surface area is 91.6 Å². The van der Waals surface area contributed by atoms with E-state index in [2.05, 4.69) is 4.74 Å². The molecule has 0 aromatic heterocycles. The van der Waals surface area contributed by atoms with Gasteiger partial charge in [-0.3, -0.25) is 0 Å². The zero-order valence-corrected chi connectivity index (χ0v) is 9.01. The van der Waals surface area contributed by atoms with Crippen LogP contribution >= 0.6 is 0 Å². The second-order valence-electron chi connectivity index (χ2n) is 4.39. The molecule has 0 saturated heterocycles. The van der Waals surface area contributed by atoms with Crippen LogP contribution in [0.25, 0.3) is 0 Å². The van der Waals surface area contributed by atoms with Crippen LogP contribution in [0.4, 0.5) is 13.2 Å². The summed E-state index contributed by atoms with van der Waals surface area (Å²) in [5.74, 6) is -0.939. The summed E-state index contributed by atoms with van der Waals surface area (Å²) >= 11 is 0. The fourth-order valence-electron chi connectivity index (χ4n) is 1.87. The van der Waals surface area contributed by atoms with E-state index in [4.69, 9.17) is 5.11 Å². The van der Waals surface area contributed by atoms with Gasteiger partial charge in [-0.15, -0.1) is 0 Å². The van der Waals surface area contributed by atoms with E-state index in [0.29, 0.717) is 18.8 Å². The second kappa shape index (κ2) is 4.61. The van der Waals surface area contributed by atoms with Gasteiger partial charge in [0.15, 0.2) is 5.60 Å². The molecule has 1 N–H and O–H groups in total. The van der Waals surface area contributed by atoms with Crippen LogP contribution in [0, 0.1) is 5.92 Å². The van der Waals surface area contributed by atoms with Crippen LogP contribution < -0.4 is 0 Å². The summed E-state index contributed by atoms with van der Waals surface area (Å²) in [7, 11) is 0. The van der Waals surface area contributed by atoms with Gasteiger partial charge in [-0.25, -0.2) is 4.79 Å². The van der Waals surface area contributed by atoms with E-state index in [1.807, 2.05) is 6.92 Å². The van der Waals surface area contributed by atoms with Crippen molar-refractivity contribution < 1.29 is 27.8 Å². The van der Waals surface area contributed by atoms with E-state index in [9.17, 15) is 18.0 Å². The Morgan fingerprint density at radius 2 is 1.94 bits per heavy atom. The summed E-state index contributed by atoms with van der Waals surface area (Å²) < 4.78 is 40.6. The Morgan fingerprint density at radius 3 is 2.31 bits per heavy atom. The lowest BCUT2D eigenvalue weighted by atomic mass is 9.79. The maximum Gasteiger partial charge on any atom is 0.411 e. The van der Waals surface area contributed by atoms with Gasteiger partial charge in [0, 0.05) is 0 Å². The number of halogens is 3. The summed E-state index contributed by atoms with van der Waals surface area (Å²) in [6.07, 6.45) is -3.00. The van der Waals surface area contributed by atoms with Crippen molar-refractivity contribution in [2.24, 2.45) is 5.92 Å². The summed E-state index contributed by atoms with van der Waals surface area (Å²) in [4.78, 5) is 11.0. The molecule has 0 heterocycles. The summed E-state index contributed by atoms with van der Waals surface area (Å²) in [5.41, 5.74) is -1.64. The second-order valence-corrected chi connectivity index (χ2v) is 4.39. The molecule has 0 amide bonds. The number of carbonyl (C=O) groups is 1. The van der Waals surface area contributed by atoms with Crippen molar-refractivity contribution in [3.63, 3.8) is 0 Å². The molecule has 0 aromatic carbocycles. The third kappa shape index (κ3) is 3.37. The highest BCUT2D eigenvalue weighted by molar-refractivity contribution is 5.77. The number of hydrogen-bond donors (Lipinski definition) is 1. The summed E-state index contributed by atoms with van der Waals surface area (Å²) in [6, 6.07) is 0. The van der Waals surface area contributed by atoms with Crippen LogP contribution in [0.15, 0.2) is 0 Å². The highest BCUT2D eigenvalue weighted by Gasteiger charge is 2.45. The lowest BCUT2D eigenvalue weighted by molar-refractivity contribution is -0.219. The number of ether oxygens (including phenoxy) is 1. The number of hydrogen-bond acceptors (Lipinski definition) is 2. The minimum Gasteiger partial charge on any atom is -0.479 e. The van der Waals surface area contributed by atoms with Crippen molar-refractivity contribution in [3.8, 4) is 0 Å². The van der Waals surface area contributed by atoms with Crippen molar-refractivity contribution in [1.82, 2.24) is 0 Å². The molecule has 94 valence electrons. The number of aliphatic carboxylic acids is 1. The Hall–Kier alpha value is -0.780. The highest BCUT2D eigenvalue weighted by Crippen LogP contribution is 2.36. The summed E-state index contributed by atoms with van der Waals surface area (Å²) in [5, 5.41) is 8.98. The van der Waals surface area contributed by atoms with Crippen LogP contribution in [-0.2, 0) is 9.53 Å². The first kappa shape index (κ1) is 13.3. The Kier molecular flexibility index (Phi) is 3.83. The number of rotatable bonds is 3. The molecule has 0 unspecified atom stereocenters. The topological polar surface area (TPSA) is 46.5 Å². The normalized spacial score (nSPS) is 31.4. The number of alkyl halides is 3. The third-order valence-electron chi connectivity index (χ3n) is 2.98. The van der Waals surface area contributed by atoms with Gasteiger partial charge >= 0.3 is 12.1 Å². The molecule has 0 aliphatic heterocycles. The van der Waals surface area contributed by atoms with Crippen molar-refractivity contribution in [1.29, 1.82) is 0 Å². The average molecular weight is 240 g/mol. The molecule has 16 heavy (non-hydrogen) atoms. The van der Waals surface area contributed by atoms with Gasteiger partial charge < -0.3 is 9.84 Å². The van der Waals surface area contributed by atoms with Crippen LogP contribution in [0.5, 0.6) is 0 Å². The fourth-order valence-corrected chi connectivity index (χ4v) is 1.87. The van der Waals surface area contributed by atoms with Crippen molar-refractivity contribution in [2.45, 2.75) is 44.4 Å². The van der Waals surface area contributed by atoms with Gasteiger partial charge in [0.05, 0.1) is 0 Å². The first-order chi connectivity index (χ1) is 7.25. The lowest BCUT2D eigenvalue weighted by Gasteiger charge is -2.35. The molecule has 0 aromatic rings. The van der Waals surface area contributed by atoms with Gasteiger partial charge in [-0.1, -0.05) is 6.92 Å². The van der Waals surface area contributed by atoms with Gasteiger partial charge in [-0.05, 0) is 31.6 Å². The van der Waals surface area contributed by atoms with Crippen molar-refractivity contribution in [2.75, 3.05) is 6.61 Å². The van der Waals surface area contributed by atoms with Gasteiger partial charge in [0.1, 0.15) is 6.61 Å². The molecule has 1 saturated carbocycles. The molecular formula is C10H15F3O3. The minimum absolute atomic E-state index is 0.152. The molecule has 1 rings (SSSR count). The molecule has 1 aliphatic carbocycles. The van der Waals surface area contributed by atoms with E-state index in [-0.39, 0.29) is 12.8 Å². The van der Waals surface area contributed by atoms with Crippen LogP contribution in [0.3, 0.4) is 0 Å². The molecule has 1 fully saturated rings. The Bertz CT molecular complexity index is 255. The van der Waals surface area contributed by atoms with E-state index in [1.54, 1.807) is 0 Å². The number of carboxylic acid groups (broad SMARTS) is 1.